The number of likely N-dealkylation sites (N-methyl/N-ethyl adjacent to an activating group) is 1. The summed E-state index contributed by atoms with van der Waals surface area (Å²) in [7, 11) is 1.19. The lowest BCUT2D eigenvalue weighted by molar-refractivity contribution is -0.145. The average Bonchev–Trinajstić information content (AvgIpc) is 1.88. The highest BCUT2D eigenvalue weighted by Gasteiger charge is 2.40. The lowest BCUT2D eigenvalue weighted by Gasteiger charge is -2.33. The van der Waals surface area contributed by atoms with Crippen molar-refractivity contribution in [3.05, 3.63) is 191 Å². The van der Waals surface area contributed by atoms with E-state index in [1.807, 2.05) is 0 Å². The van der Waals surface area contributed by atoms with Crippen LogP contribution in [-0.2, 0) is 46.4 Å². The zero-order chi connectivity index (χ0) is 64.0. The second kappa shape index (κ2) is 25.4. The maximum atomic E-state index is 15.8. The molecule has 12 N–H and O–H groups in total. The van der Waals surface area contributed by atoms with E-state index in [9.17, 15) is 49.8 Å². The Hall–Kier alpha value is -9.42. The predicted octanol–water partition coefficient (Wildman–Crippen LogP) is 9.20. The predicted molar refractivity (Wildman–Crippen MR) is 326 cm³/mol. The number of Topliss-reactive ketones (excluding diaryl/α,β-unsaturated/α-hetero) is 1. The second-order valence-electron chi connectivity index (χ2n) is 20.6. The first-order valence-corrected chi connectivity index (χ1v) is 28.6. The van der Waals surface area contributed by atoms with Crippen molar-refractivity contribution < 1.29 is 73.7 Å². The SMILES string of the molecule is CN1C(=O)C(c2cc(Cl)c(O)c(Cl)c2)NC(=O)C2NC(=O)C(c3cc(Cl)c(O)c(Cl)c3)NC(=O)C(NC(=O)C(=O)c3cc(Cl)c(O)c(Cl)c3)Cc3c[nH]c4ccc(cc34)-c3cc2cc(c3O)Oc2ccc(cc2)CC1C(=O)NC(C(=O)O)c1ccc(O)cc1. The molecule has 4 heterocycles. The quantitative estimate of drug-likeness (QED) is 0.0473. The maximum Gasteiger partial charge on any atom is 0.330 e. The number of fused-ring (bicyclic) bond motifs is 11. The monoisotopic (exact) mass is 1330 g/mol. The number of carbonyl (C=O) groups is 8. The number of ether oxygens (including phenoxy) is 1. The molecule has 22 nitrogen and oxygen atoms in total. The summed E-state index contributed by atoms with van der Waals surface area (Å²) >= 11 is 38.0. The Morgan fingerprint density at radius 2 is 1.13 bits per heavy atom. The average molecular weight is 1330 g/mol. The molecule has 1 aromatic heterocycles. The molecule has 7 bridgehead atoms. The summed E-state index contributed by atoms with van der Waals surface area (Å²) in [6.07, 6.45) is 0.758. The number of amides is 6. The number of H-pyrrole nitrogens is 1. The molecule has 0 saturated heterocycles. The molecular formula is C61H45Cl6N7O15. The number of aromatic amines is 1. The van der Waals surface area contributed by atoms with Crippen LogP contribution in [0.5, 0.6) is 40.2 Å². The number of hydrogen-bond donors (Lipinski definition) is 12. The molecule has 0 saturated carbocycles. The first-order chi connectivity index (χ1) is 42.2. The number of phenols is 5. The summed E-state index contributed by atoms with van der Waals surface area (Å²) in [6, 6.07) is 13.3. The number of hydrogen-bond acceptors (Lipinski definition) is 14. The van der Waals surface area contributed by atoms with Gasteiger partial charge in [0.2, 0.25) is 35.3 Å². The molecule has 28 heteroatoms. The van der Waals surface area contributed by atoms with Crippen LogP contribution in [0.25, 0.3) is 22.0 Å². The standard InChI is InChI=1S/C61H45Cl6N7O15/c1-74-44(56(82)73-49(61(87)88)25-4-7-32(75)8-5-25)12-24-2-9-33(10-3-24)89-45-22-27-14-35(51(45)77)26-6-11-42-34(13-26)31(23-68-42)21-43(69-59(85)50(76)30-19-40(66)54(80)41(67)20-30)55(81)70-47(28-15-36(62)52(78)37(63)16-28)57(83)71-46(27)58(84)72-48(60(74)86)29-17-38(64)53(79)39(65)18-29/h2-11,13-20,22-23,43-44,46-49,68,75,77-80H,12,21H2,1H3,(H,69,85)(H,70,81)(H,71,83)(H,72,84)(H,73,82)(H,87,88). The van der Waals surface area contributed by atoms with Crippen LogP contribution in [0.3, 0.4) is 0 Å². The topological polar surface area (TPSA) is 346 Å². The summed E-state index contributed by atoms with van der Waals surface area (Å²) in [5, 5.41) is 75.0. The Balaban J connectivity index is 1.16. The molecule has 3 aliphatic rings. The van der Waals surface area contributed by atoms with Gasteiger partial charge in [0.15, 0.2) is 34.8 Å². The van der Waals surface area contributed by atoms with Crippen molar-refractivity contribution in [1.29, 1.82) is 0 Å². The first-order valence-electron chi connectivity index (χ1n) is 26.4. The van der Waals surface area contributed by atoms with Gasteiger partial charge in [0.05, 0.1) is 30.1 Å². The van der Waals surface area contributed by atoms with Gasteiger partial charge in [0, 0.05) is 48.1 Å². The van der Waals surface area contributed by atoms with Gasteiger partial charge in [-0.3, -0.25) is 33.6 Å². The van der Waals surface area contributed by atoms with E-state index >= 15 is 19.2 Å². The lowest BCUT2D eigenvalue weighted by Crippen LogP contribution is -2.54. The minimum Gasteiger partial charge on any atom is -0.508 e. The van der Waals surface area contributed by atoms with Gasteiger partial charge in [0.1, 0.15) is 41.7 Å². The van der Waals surface area contributed by atoms with E-state index in [4.69, 9.17) is 74.3 Å². The van der Waals surface area contributed by atoms with Crippen LogP contribution in [0.2, 0.25) is 30.1 Å². The molecule has 3 aliphatic heterocycles. The number of aromatic nitrogens is 1. The van der Waals surface area contributed by atoms with Crippen LogP contribution in [0.1, 0.15) is 67.9 Å². The molecule has 0 radical (unpaired) electrons. The van der Waals surface area contributed by atoms with Gasteiger partial charge >= 0.3 is 5.97 Å². The number of carboxylic acid groups (broad SMARTS) is 1. The number of carboxylic acids is 1. The number of nitrogens with zero attached hydrogens (tertiary/aromatic N) is 1. The number of aromatic hydroxyl groups is 5. The van der Waals surface area contributed by atoms with Crippen LogP contribution in [0.4, 0.5) is 0 Å². The summed E-state index contributed by atoms with van der Waals surface area (Å²) in [5.74, 6) is -12.7. The number of carbonyl (C=O) groups excluding carboxylic acids is 7. The zero-order valence-electron chi connectivity index (χ0n) is 45.5. The number of halogens is 6. The van der Waals surface area contributed by atoms with Crippen LogP contribution >= 0.6 is 69.6 Å². The highest BCUT2D eigenvalue weighted by atomic mass is 35.5. The van der Waals surface area contributed by atoms with E-state index in [1.54, 1.807) is 18.2 Å². The Morgan fingerprint density at radius 3 is 1.71 bits per heavy atom. The molecule has 11 rings (SSSR count). The highest BCUT2D eigenvalue weighted by Crippen LogP contribution is 2.45. The van der Waals surface area contributed by atoms with E-state index in [2.05, 4.69) is 31.6 Å². The smallest absolute Gasteiger partial charge is 0.330 e. The van der Waals surface area contributed by atoms with Crippen molar-refractivity contribution in [1.82, 2.24) is 36.5 Å². The van der Waals surface area contributed by atoms with Crippen molar-refractivity contribution in [3.63, 3.8) is 0 Å². The molecule has 89 heavy (non-hydrogen) atoms. The largest absolute Gasteiger partial charge is 0.508 e. The van der Waals surface area contributed by atoms with Crippen LogP contribution < -0.4 is 31.3 Å². The minimum atomic E-state index is -2.07. The van der Waals surface area contributed by atoms with E-state index < -0.39 is 133 Å². The Labute approximate surface area is 532 Å². The Morgan fingerprint density at radius 1 is 0.607 bits per heavy atom. The van der Waals surface area contributed by atoms with E-state index in [-0.39, 0.29) is 72.7 Å². The normalized spacial score (nSPS) is 18.2. The van der Waals surface area contributed by atoms with Gasteiger partial charge in [-0.05, 0) is 124 Å². The van der Waals surface area contributed by atoms with Crippen LogP contribution in [0.15, 0.2) is 121 Å². The van der Waals surface area contributed by atoms with Gasteiger partial charge in [-0.15, -0.1) is 0 Å². The van der Waals surface area contributed by atoms with Crippen LogP contribution in [-0.4, -0.2) is 107 Å². The van der Waals surface area contributed by atoms with Gasteiger partial charge in [0.25, 0.3) is 5.91 Å². The zero-order valence-corrected chi connectivity index (χ0v) is 50.0. The molecule has 7 aromatic carbocycles. The summed E-state index contributed by atoms with van der Waals surface area (Å²) < 4.78 is 6.38. The fourth-order valence-corrected chi connectivity index (χ4v) is 11.7. The Kier molecular flexibility index (Phi) is 17.8. The van der Waals surface area contributed by atoms with E-state index in [1.165, 1.54) is 73.9 Å². The molecule has 0 fully saturated rings. The van der Waals surface area contributed by atoms with Gasteiger partial charge in [-0.2, -0.15) is 0 Å². The Bertz CT molecular complexity index is 4210. The molecule has 6 atom stereocenters. The maximum absolute atomic E-state index is 15.8. The minimum absolute atomic E-state index is 0.0268. The number of ketones is 1. The molecule has 0 aliphatic carbocycles. The number of aliphatic carboxylic acids is 1. The molecule has 8 aromatic rings. The van der Waals surface area contributed by atoms with E-state index in [0.717, 1.165) is 41.3 Å². The third kappa shape index (κ3) is 13.0. The fourth-order valence-electron chi connectivity index (χ4n) is 10.2. The molecule has 0 spiro atoms. The third-order valence-corrected chi connectivity index (χ3v) is 16.6. The second-order valence-corrected chi connectivity index (χ2v) is 23.1. The van der Waals surface area contributed by atoms with Crippen molar-refractivity contribution in [2.45, 2.75) is 49.1 Å². The molecule has 6 amide bonds. The summed E-state index contributed by atoms with van der Waals surface area (Å²) in [6.45, 7) is 0. The summed E-state index contributed by atoms with van der Waals surface area (Å²) in [4.78, 5) is 121. The van der Waals surface area contributed by atoms with Crippen molar-refractivity contribution in [2.75, 3.05) is 7.05 Å². The van der Waals surface area contributed by atoms with E-state index in [0.29, 0.717) is 22.0 Å². The number of rotatable bonds is 9. The van der Waals surface area contributed by atoms with Gasteiger partial charge < -0.3 is 71.8 Å². The van der Waals surface area contributed by atoms with Crippen molar-refractivity contribution in [2.24, 2.45) is 0 Å². The molecule has 456 valence electrons. The van der Waals surface area contributed by atoms with Crippen molar-refractivity contribution >= 4 is 128 Å². The lowest BCUT2D eigenvalue weighted by atomic mass is 9.94. The van der Waals surface area contributed by atoms with Gasteiger partial charge in [-0.1, -0.05) is 99.9 Å². The first kappa shape index (κ1) is 62.6. The molecular weight excluding hydrogens is 1280 g/mol. The van der Waals surface area contributed by atoms with Gasteiger partial charge in [-0.25, -0.2) is 4.79 Å². The van der Waals surface area contributed by atoms with Crippen LogP contribution in [0, 0.1) is 0 Å². The summed E-state index contributed by atoms with van der Waals surface area (Å²) in [5.41, 5.74) is 0.407. The number of phenolic OH excluding ortho intramolecular Hbond substituents is 5. The fraction of sp³-hybridized carbons (Fsp3) is 0.148. The number of benzene rings is 7. The highest BCUT2D eigenvalue weighted by molar-refractivity contribution is 6.45. The number of nitrogens with one attached hydrogen (secondary N) is 6. The van der Waals surface area contributed by atoms with Crippen molar-refractivity contribution in [3.8, 4) is 51.4 Å². The molecule has 6 unspecified atom stereocenters. The third-order valence-electron chi connectivity index (χ3n) is 14.9.